The lowest BCUT2D eigenvalue weighted by atomic mass is 9.64. The normalized spacial score (nSPS) is 14.5. The zero-order valence-corrected chi connectivity index (χ0v) is 40.4. The van der Waals surface area contributed by atoms with Gasteiger partial charge >= 0.3 is 0 Å². The second-order valence-corrected chi connectivity index (χ2v) is 21.7. The number of hydrogen-bond donors (Lipinski definition) is 0. The van der Waals surface area contributed by atoms with Gasteiger partial charge in [0.15, 0.2) is 0 Å². The molecule has 0 amide bonds. The Morgan fingerprint density at radius 1 is 0.368 bits per heavy atom. The summed E-state index contributed by atoms with van der Waals surface area (Å²) in [4.78, 5) is 2.49. The van der Waals surface area contributed by atoms with Crippen LogP contribution in [0.2, 0.25) is 0 Å². The standard InChI is InChI=1S/C66H57NO/c1-63(2,3)44-31-37-60-57(39-44)66(58-40-45(64(4,5)6)32-38-61(58)68-60)54-26-16-13-23-52(54)62-51(24-18-27-55(62)66)50-22-14-17-28-59(50)67(46-33-29-43(30-34-46)42-19-10-9-11-20-42)47-35-36-49-48-21-12-15-25-53(48)65(7,8)56(49)41-47/h9-41H,1-8H3. The summed E-state index contributed by atoms with van der Waals surface area (Å²) in [5.74, 6) is 1.82. The molecule has 2 nitrogen and oxygen atoms in total. The number of para-hydroxylation sites is 1. The molecule has 0 bridgehead atoms. The fraction of sp³-hybridized carbons (Fsp3) is 0.182. The number of ether oxygens (including phenoxy) is 1. The van der Waals surface area contributed by atoms with Crippen molar-refractivity contribution in [1.82, 2.24) is 0 Å². The Morgan fingerprint density at radius 3 is 1.54 bits per heavy atom. The first-order chi connectivity index (χ1) is 32.7. The van der Waals surface area contributed by atoms with Crippen molar-refractivity contribution in [2.75, 3.05) is 4.90 Å². The van der Waals surface area contributed by atoms with E-state index < -0.39 is 5.41 Å². The molecule has 9 aromatic carbocycles. The van der Waals surface area contributed by atoms with E-state index in [-0.39, 0.29) is 16.2 Å². The minimum absolute atomic E-state index is 0.0657. The quantitative estimate of drug-likeness (QED) is 0.171. The molecule has 2 heteroatoms. The molecule has 332 valence electrons. The fourth-order valence-corrected chi connectivity index (χ4v) is 11.7. The maximum atomic E-state index is 6.99. The Labute approximate surface area is 402 Å². The van der Waals surface area contributed by atoms with Gasteiger partial charge in [-0.2, -0.15) is 0 Å². The molecule has 12 rings (SSSR count). The van der Waals surface area contributed by atoms with Gasteiger partial charge in [-0.05, 0) is 138 Å². The highest BCUT2D eigenvalue weighted by molar-refractivity contribution is 6.01. The first-order valence-corrected chi connectivity index (χ1v) is 24.3. The first kappa shape index (κ1) is 42.0. The summed E-state index contributed by atoms with van der Waals surface area (Å²) in [6.45, 7) is 18.6. The maximum Gasteiger partial charge on any atom is 0.132 e. The molecule has 0 fully saturated rings. The molecule has 0 radical (unpaired) electrons. The average molecular weight is 880 g/mol. The van der Waals surface area contributed by atoms with Gasteiger partial charge in [-0.15, -0.1) is 0 Å². The molecule has 1 heterocycles. The van der Waals surface area contributed by atoms with Crippen LogP contribution in [0.1, 0.15) is 99.9 Å². The summed E-state index contributed by atoms with van der Waals surface area (Å²) in [5.41, 5.74) is 22.6. The van der Waals surface area contributed by atoms with E-state index >= 15 is 0 Å². The van der Waals surface area contributed by atoms with Crippen LogP contribution in [-0.4, -0.2) is 0 Å². The second-order valence-electron chi connectivity index (χ2n) is 21.7. The maximum absolute atomic E-state index is 6.99. The molecule has 2 aliphatic carbocycles. The molecule has 0 unspecified atom stereocenters. The zero-order valence-electron chi connectivity index (χ0n) is 40.4. The van der Waals surface area contributed by atoms with E-state index in [2.05, 4.69) is 260 Å². The van der Waals surface area contributed by atoms with Gasteiger partial charge in [0.05, 0.1) is 11.1 Å². The van der Waals surface area contributed by atoms with Crippen molar-refractivity contribution < 1.29 is 4.74 Å². The van der Waals surface area contributed by atoms with Gasteiger partial charge < -0.3 is 9.64 Å². The molecule has 1 spiro atoms. The van der Waals surface area contributed by atoms with Crippen molar-refractivity contribution in [2.24, 2.45) is 0 Å². The van der Waals surface area contributed by atoms with Crippen LogP contribution >= 0.6 is 0 Å². The fourth-order valence-electron chi connectivity index (χ4n) is 11.7. The summed E-state index contributed by atoms with van der Waals surface area (Å²) < 4.78 is 6.99. The number of anilines is 3. The summed E-state index contributed by atoms with van der Waals surface area (Å²) in [7, 11) is 0. The zero-order chi connectivity index (χ0) is 46.7. The van der Waals surface area contributed by atoms with Crippen molar-refractivity contribution in [1.29, 1.82) is 0 Å². The van der Waals surface area contributed by atoms with Crippen molar-refractivity contribution in [3.05, 3.63) is 245 Å². The summed E-state index contributed by atoms with van der Waals surface area (Å²) in [5, 5.41) is 0. The molecule has 1 aliphatic heterocycles. The van der Waals surface area contributed by atoms with E-state index in [0.29, 0.717) is 0 Å². The minimum atomic E-state index is -0.629. The number of benzene rings is 9. The van der Waals surface area contributed by atoms with Crippen molar-refractivity contribution in [3.8, 4) is 56.0 Å². The molecular formula is C66H57NO. The molecular weight excluding hydrogens is 823 g/mol. The van der Waals surface area contributed by atoms with Crippen molar-refractivity contribution in [2.45, 2.75) is 77.0 Å². The van der Waals surface area contributed by atoms with Crippen LogP contribution < -0.4 is 9.64 Å². The summed E-state index contributed by atoms with van der Waals surface area (Å²) in [6.07, 6.45) is 0. The summed E-state index contributed by atoms with van der Waals surface area (Å²) >= 11 is 0. The van der Waals surface area contributed by atoms with Crippen LogP contribution in [0.5, 0.6) is 11.5 Å². The van der Waals surface area contributed by atoms with E-state index in [4.69, 9.17) is 4.74 Å². The van der Waals surface area contributed by atoms with E-state index in [1.165, 1.54) is 89.0 Å². The van der Waals surface area contributed by atoms with E-state index in [1.807, 2.05) is 0 Å². The van der Waals surface area contributed by atoms with Crippen LogP contribution in [0.15, 0.2) is 200 Å². The largest absolute Gasteiger partial charge is 0.457 e. The van der Waals surface area contributed by atoms with E-state index in [1.54, 1.807) is 0 Å². The Hall–Kier alpha value is -7.42. The van der Waals surface area contributed by atoms with Crippen LogP contribution in [0.3, 0.4) is 0 Å². The van der Waals surface area contributed by atoms with Gasteiger partial charge in [0, 0.05) is 33.5 Å². The number of nitrogens with zero attached hydrogens (tertiary/aromatic N) is 1. The lowest BCUT2D eigenvalue weighted by molar-refractivity contribution is 0.433. The lowest BCUT2D eigenvalue weighted by Gasteiger charge is -2.41. The summed E-state index contributed by atoms with van der Waals surface area (Å²) in [6, 6.07) is 75.0. The van der Waals surface area contributed by atoms with Crippen LogP contribution in [0.4, 0.5) is 17.1 Å². The van der Waals surface area contributed by atoms with Gasteiger partial charge in [-0.25, -0.2) is 0 Å². The number of fused-ring (bicyclic) bond motifs is 12. The van der Waals surface area contributed by atoms with Gasteiger partial charge in [0.1, 0.15) is 11.5 Å². The average Bonchev–Trinajstić information content (AvgIpc) is 3.77. The second kappa shape index (κ2) is 15.0. The third-order valence-electron chi connectivity index (χ3n) is 15.3. The Kier molecular flexibility index (Phi) is 9.29. The highest BCUT2D eigenvalue weighted by atomic mass is 16.5. The van der Waals surface area contributed by atoms with Gasteiger partial charge in [0.2, 0.25) is 0 Å². The van der Waals surface area contributed by atoms with Crippen LogP contribution in [0.25, 0.3) is 44.5 Å². The third-order valence-corrected chi connectivity index (χ3v) is 15.3. The molecule has 3 aliphatic rings. The van der Waals surface area contributed by atoms with E-state index in [9.17, 15) is 0 Å². The monoisotopic (exact) mass is 879 g/mol. The number of rotatable bonds is 5. The molecule has 0 atom stereocenters. The van der Waals surface area contributed by atoms with Gasteiger partial charge in [-0.3, -0.25) is 0 Å². The molecule has 0 saturated heterocycles. The van der Waals surface area contributed by atoms with E-state index in [0.717, 1.165) is 28.6 Å². The molecule has 0 aromatic heterocycles. The smallest absolute Gasteiger partial charge is 0.132 e. The van der Waals surface area contributed by atoms with Gasteiger partial charge in [0.25, 0.3) is 0 Å². The molecule has 0 saturated carbocycles. The predicted octanol–water partition coefficient (Wildman–Crippen LogP) is 17.9. The van der Waals surface area contributed by atoms with Crippen LogP contribution in [0, 0.1) is 0 Å². The Morgan fingerprint density at radius 2 is 0.882 bits per heavy atom. The SMILES string of the molecule is CC(C)(C)c1ccc2c(c1)C1(c3cc(C(C)(C)C)ccc3O2)c2ccccc2-c2c(-c3ccccc3N(c3ccc(-c4ccccc4)cc3)c3ccc4c(c3)C(C)(C)c3ccccc3-4)cccc21. The third kappa shape index (κ3) is 6.23. The Balaban J connectivity index is 1.12. The van der Waals surface area contributed by atoms with Crippen LogP contribution in [-0.2, 0) is 21.7 Å². The van der Waals surface area contributed by atoms with Crippen molar-refractivity contribution in [3.63, 3.8) is 0 Å². The van der Waals surface area contributed by atoms with Crippen molar-refractivity contribution >= 4 is 17.1 Å². The molecule has 0 N–H and O–H groups in total. The lowest BCUT2D eigenvalue weighted by Crippen LogP contribution is -2.33. The first-order valence-electron chi connectivity index (χ1n) is 24.3. The highest BCUT2D eigenvalue weighted by Crippen LogP contribution is 2.64. The number of hydrogen-bond acceptors (Lipinski definition) is 2. The predicted molar refractivity (Wildman–Crippen MR) is 284 cm³/mol. The molecule has 9 aromatic rings. The highest BCUT2D eigenvalue weighted by Gasteiger charge is 2.52. The topological polar surface area (TPSA) is 12.5 Å². The molecule has 68 heavy (non-hydrogen) atoms. The minimum Gasteiger partial charge on any atom is -0.457 e. The Bertz CT molecular complexity index is 3400. The van der Waals surface area contributed by atoms with Gasteiger partial charge in [-0.1, -0.05) is 201 Å².